The Morgan fingerprint density at radius 2 is 1.75 bits per heavy atom. The first-order valence-electron chi connectivity index (χ1n) is 8.44. The molecular weight excluding hydrogens is 296 g/mol. The van der Waals surface area contributed by atoms with Gasteiger partial charge in [-0.1, -0.05) is 37.3 Å². The number of carbonyl (C=O) groups is 1. The molecule has 0 radical (unpaired) electrons. The van der Waals surface area contributed by atoms with Gasteiger partial charge in [0, 0.05) is 29.3 Å². The fourth-order valence-electron chi connectivity index (χ4n) is 4.36. The molecule has 1 amide bonds. The highest BCUT2D eigenvalue weighted by molar-refractivity contribution is 5.95. The minimum absolute atomic E-state index is 0.0699. The van der Waals surface area contributed by atoms with Crippen molar-refractivity contribution in [3.05, 3.63) is 59.2 Å². The van der Waals surface area contributed by atoms with Crippen LogP contribution in [0, 0.1) is 6.92 Å². The number of hydrogen-bond acceptors (Lipinski definition) is 2. The molecule has 1 unspecified atom stereocenters. The van der Waals surface area contributed by atoms with Crippen molar-refractivity contribution < 1.29 is 4.79 Å². The van der Waals surface area contributed by atoms with Gasteiger partial charge in [0.05, 0.1) is 0 Å². The second-order valence-corrected chi connectivity index (χ2v) is 7.77. The van der Waals surface area contributed by atoms with E-state index < -0.39 is 0 Å². The summed E-state index contributed by atoms with van der Waals surface area (Å²) in [7, 11) is 0. The molecule has 1 heterocycles. The zero-order valence-electron chi connectivity index (χ0n) is 15.2. The van der Waals surface area contributed by atoms with Crippen LogP contribution in [0.25, 0.3) is 0 Å². The second-order valence-electron chi connectivity index (χ2n) is 7.77. The first kappa shape index (κ1) is 16.6. The number of fused-ring (bicyclic) bond motifs is 1. The molecule has 24 heavy (non-hydrogen) atoms. The van der Waals surface area contributed by atoms with Crippen molar-refractivity contribution in [1.82, 2.24) is 0 Å². The molecule has 1 aliphatic heterocycles. The van der Waals surface area contributed by atoms with E-state index in [0.29, 0.717) is 0 Å². The van der Waals surface area contributed by atoms with E-state index in [0.717, 1.165) is 28.9 Å². The van der Waals surface area contributed by atoms with Crippen LogP contribution in [0.3, 0.4) is 0 Å². The second kappa shape index (κ2) is 5.37. The van der Waals surface area contributed by atoms with Gasteiger partial charge in [0.25, 0.3) is 0 Å². The van der Waals surface area contributed by atoms with Gasteiger partial charge in [0.15, 0.2) is 0 Å². The van der Waals surface area contributed by atoms with Crippen LogP contribution in [-0.4, -0.2) is 11.4 Å². The normalized spacial score (nSPS) is 22.1. The minimum atomic E-state index is -0.272. The maximum atomic E-state index is 12.4. The number of benzene rings is 2. The quantitative estimate of drug-likeness (QED) is 0.790. The molecule has 2 aromatic rings. The molecule has 1 atom stereocenters. The van der Waals surface area contributed by atoms with Crippen molar-refractivity contribution >= 4 is 17.3 Å². The molecule has 2 aromatic carbocycles. The highest BCUT2D eigenvalue weighted by atomic mass is 16.2. The molecule has 0 bridgehead atoms. The first-order chi connectivity index (χ1) is 11.2. The van der Waals surface area contributed by atoms with Crippen LogP contribution < -0.4 is 10.6 Å². The van der Waals surface area contributed by atoms with Crippen molar-refractivity contribution in [1.29, 1.82) is 0 Å². The zero-order chi connectivity index (χ0) is 17.7. The highest BCUT2D eigenvalue weighted by Gasteiger charge is 2.47. The molecule has 0 spiro atoms. The summed E-state index contributed by atoms with van der Waals surface area (Å²) in [5, 5.41) is 0. The average molecular weight is 322 g/mol. The Labute approximate surface area is 144 Å². The Morgan fingerprint density at radius 1 is 1.12 bits per heavy atom. The van der Waals surface area contributed by atoms with Crippen LogP contribution in [0.2, 0.25) is 0 Å². The predicted molar refractivity (Wildman–Crippen MR) is 100 cm³/mol. The van der Waals surface area contributed by atoms with E-state index in [1.807, 2.05) is 17.9 Å². The summed E-state index contributed by atoms with van der Waals surface area (Å²) >= 11 is 0. The van der Waals surface area contributed by atoms with Gasteiger partial charge in [-0.05, 0) is 56.0 Å². The smallest absolute Gasteiger partial charge is 0.224 e. The lowest BCUT2D eigenvalue weighted by Crippen LogP contribution is -2.55. The molecule has 2 N–H and O–H groups in total. The van der Waals surface area contributed by atoms with E-state index in [1.165, 1.54) is 5.56 Å². The topological polar surface area (TPSA) is 46.3 Å². The standard InChI is InChI=1S/C21H26N2O/c1-14-11-19-17(12-18(14)22)21(5,16-9-7-6-8-10-16)13-20(3,4)23(19)15(2)24/h6-12H,13,22H2,1-5H3. The maximum Gasteiger partial charge on any atom is 0.224 e. The van der Waals surface area contributed by atoms with Gasteiger partial charge in [-0.2, -0.15) is 0 Å². The van der Waals surface area contributed by atoms with Crippen molar-refractivity contribution in [2.24, 2.45) is 0 Å². The summed E-state index contributed by atoms with van der Waals surface area (Å²) in [6, 6.07) is 14.6. The summed E-state index contributed by atoms with van der Waals surface area (Å²) in [5.41, 5.74) is 10.9. The van der Waals surface area contributed by atoms with E-state index in [1.54, 1.807) is 6.92 Å². The van der Waals surface area contributed by atoms with Crippen LogP contribution in [0.1, 0.15) is 50.8 Å². The number of anilines is 2. The third-order valence-corrected chi connectivity index (χ3v) is 5.34. The molecule has 3 heteroatoms. The highest BCUT2D eigenvalue weighted by Crippen LogP contribution is 2.51. The number of nitrogens with zero attached hydrogens (tertiary/aromatic N) is 1. The van der Waals surface area contributed by atoms with Crippen molar-refractivity contribution in [2.75, 3.05) is 10.6 Å². The molecule has 3 rings (SSSR count). The third kappa shape index (κ3) is 2.39. The van der Waals surface area contributed by atoms with Gasteiger partial charge in [-0.3, -0.25) is 4.79 Å². The van der Waals surface area contributed by atoms with Gasteiger partial charge in [-0.15, -0.1) is 0 Å². The Hall–Kier alpha value is -2.29. The Morgan fingerprint density at radius 3 is 2.33 bits per heavy atom. The molecular formula is C21H26N2O. The third-order valence-electron chi connectivity index (χ3n) is 5.34. The van der Waals surface area contributed by atoms with E-state index in [-0.39, 0.29) is 16.9 Å². The van der Waals surface area contributed by atoms with E-state index in [2.05, 4.69) is 57.2 Å². The van der Waals surface area contributed by atoms with Crippen LogP contribution in [0.4, 0.5) is 11.4 Å². The number of nitrogens with two attached hydrogens (primary N) is 1. The number of hydrogen-bond donors (Lipinski definition) is 1. The fourth-order valence-corrected chi connectivity index (χ4v) is 4.36. The number of aryl methyl sites for hydroxylation is 1. The van der Waals surface area contributed by atoms with Crippen molar-refractivity contribution in [2.45, 2.75) is 52.0 Å². The Bertz CT molecular complexity index is 795. The predicted octanol–water partition coefficient (Wildman–Crippen LogP) is 4.42. The summed E-state index contributed by atoms with van der Waals surface area (Å²) in [6.45, 7) is 10.2. The Kier molecular flexibility index (Phi) is 3.71. The Balaban J connectivity index is 2.34. The molecule has 0 fully saturated rings. The minimum Gasteiger partial charge on any atom is -0.399 e. The lowest BCUT2D eigenvalue weighted by atomic mass is 9.65. The molecule has 0 saturated heterocycles. The summed E-state index contributed by atoms with van der Waals surface area (Å²) in [6.07, 6.45) is 0.846. The molecule has 126 valence electrons. The van der Waals surface area contributed by atoms with E-state index >= 15 is 0 Å². The van der Waals surface area contributed by atoms with Crippen LogP contribution in [0.5, 0.6) is 0 Å². The SMILES string of the molecule is CC(=O)N1c2cc(C)c(N)cc2C(C)(c2ccccc2)CC1(C)C. The largest absolute Gasteiger partial charge is 0.399 e. The van der Waals surface area contributed by atoms with Gasteiger partial charge >= 0.3 is 0 Å². The number of amides is 1. The van der Waals surface area contributed by atoms with Gasteiger partial charge in [0.2, 0.25) is 5.91 Å². The first-order valence-corrected chi connectivity index (χ1v) is 8.44. The van der Waals surface area contributed by atoms with Gasteiger partial charge < -0.3 is 10.6 Å². The van der Waals surface area contributed by atoms with Crippen LogP contribution >= 0.6 is 0 Å². The van der Waals surface area contributed by atoms with Gasteiger partial charge in [-0.25, -0.2) is 0 Å². The van der Waals surface area contributed by atoms with Crippen LogP contribution in [-0.2, 0) is 10.2 Å². The monoisotopic (exact) mass is 322 g/mol. The summed E-state index contributed by atoms with van der Waals surface area (Å²) < 4.78 is 0. The zero-order valence-corrected chi connectivity index (χ0v) is 15.2. The summed E-state index contributed by atoms with van der Waals surface area (Å²) in [5.74, 6) is 0.0699. The summed E-state index contributed by atoms with van der Waals surface area (Å²) in [4.78, 5) is 14.3. The molecule has 1 aliphatic rings. The molecule has 3 nitrogen and oxygen atoms in total. The fraction of sp³-hybridized carbons (Fsp3) is 0.381. The lowest BCUT2D eigenvalue weighted by molar-refractivity contribution is -0.117. The molecule has 0 aliphatic carbocycles. The van der Waals surface area contributed by atoms with Crippen LogP contribution in [0.15, 0.2) is 42.5 Å². The van der Waals surface area contributed by atoms with E-state index in [4.69, 9.17) is 5.73 Å². The molecule has 0 aromatic heterocycles. The maximum absolute atomic E-state index is 12.4. The molecule has 0 saturated carbocycles. The van der Waals surface area contributed by atoms with Crippen molar-refractivity contribution in [3.63, 3.8) is 0 Å². The number of carbonyl (C=O) groups excluding carboxylic acids is 1. The number of rotatable bonds is 1. The average Bonchev–Trinajstić information content (AvgIpc) is 2.49. The van der Waals surface area contributed by atoms with Gasteiger partial charge in [0.1, 0.15) is 0 Å². The van der Waals surface area contributed by atoms with E-state index in [9.17, 15) is 4.79 Å². The lowest BCUT2D eigenvalue weighted by Gasteiger charge is -2.51. The van der Waals surface area contributed by atoms with Crippen molar-refractivity contribution in [3.8, 4) is 0 Å². The number of nitrogen functional groups attached to an aromatic ring is 1.